The number of furan rings is 1. The zero-order chi connectivity index (χ0) is 18.0. The Morgan fingerprint density at radius 1 is 1.32 bits per heavy atom. The molecule has 1 amide bonds. The van der Waals surface area contributed by atoms with Gasteiger partial charge in [-0.15, -0.1) is 0 Å². The normalized spacial score (nSPS) is 12.3. The first-order chi connectivity index (χ1) is 12.0. The van der Waals surface area contributed by atoms with Gasteiger partial charge in [0.1, 0.15) is 11.1 Å². The lowest BCUT2D eigenvalue weighted by molar-refractivity contribution is 0.0775. The molecule has 0 spiro atoms. The van der Waals surface area contributed by atoms with Crippen LogP contribution in [0.2, 0.25) is 0 Å². The quantitative estimate of drug-likeness (QED) is 0.775. The fraction of sp³-hybridized carbons (Fsp3) is 0.316. The Kier molecular flexibility index (Phi) is 4.70. The van der Waals surface area contributed by atoms with Gasteiger partial charge in [-0.2, -0.15) is 0 Å². The number of rotatable bonds is 5. The van der Waals surface area contributed by atoms with E-state index in [9.17, 15) is 9.59 Å². The summed E-state index contributed by atoms with van der Waals surface area (Å²) in [4.78, 5) is 33.1. The molecule has 3 aromatic rings. The molecule has 0 fully saturated rings. The molecule has 3 rings (SSSR count). The van der Waals surface area contributed by atoms with Gasteiger partial charge in [-0.05, 0) is 24.8 Å². The molecule has 1 atom stereocenters. The van der Waals surface area contributed by atoms with Crippen molar-refractivity contribution in [2.45, 2.75) is 20.3 Å². The van der Waals surface area contributed by atoms with Gasteiger partial charge in [0.2, 0.25) is 5.71 Å². The second-order valence-electron chi connectivity index (χ2n) is 6.43. The number of aryl methyl sites for hydroxylation is 1. The third-order valence-corrected chi connectivity index (χ3v) is 4.24. The van der Waals surface area contributed by atoms with E-state index in [-0.39, 0.29) is 28.5 Å². The first-order valence-corrected chi connectivity index (χ1v) is 8.23. The molecule has 130 valence electrons. The van der Waals surface area contributed by atoms with Crippen LogP contribution in [-0.4, -0.2) is 34.4 Å². The van der Waals surface area contributed by atoms with Gasteiger partial charge in [-0.3, -0.25) is 9.59 Å². The van der Waals surface area contributed by atoms with Crippen LogP contribution >= 0.6 is 0 Å². The van der Waals surface area contributed by atoms with Crippen molar-refractivity contribution in [2.75, 3.05) is 13.6 Å². The highest BCUT2D eigenvalue weighted by Crippen LogP contribution is 2.22. The number of hydrogen-bond acceptors (Lipinski definition) is 4. The number of aromatic nitrogens is 2. The molecule has 2 heterocycles. The van der Waals surface area contributed by atoms with Crippen molar-refractivity contribution in [1.82, 2.24) is 14.9 Å². The van der Waals surface area contributed by atoms with Crippen molar-refractivity contribution in [3.8, 4) is 0 Å². The summed E-state index contributed by atoms with van der Waals surface area (Å²) in [5.74, 6) is 0.465. The number of carbonyl (C=O) groups excluding carboxylic acids is 1. The van der Waals surface area contributed by atoms with E-state index in [1.807, 2.05) is 18.2 Å². The molecule has 1 unspecified atom stereocenters. The van der Waals surface area contributed by atoms with E-state index in [1.54, 1.807) is 18.9 Å². The Bertz CT molecular complexity index is 943. The lowest BCUT2D eigenvalue weighted by atomic mass is 10.0. The van der Waals surface area contributed by atoms with E-state index in [0.717, 1.165) is 6.42 Å². The molecule has 0 saturated heterocycles. The van der Waals surface area contributed by atoms with Crippen LogP contribution in [0, 0.1) is 12.8 Å². The fourth-order valence-corrected chi connectivity index (χ4v) is 3.13. The van der Waals surface area contributed by atoms with Crippen molar-refractivity contribution in [2.24, 2.45) is 5.92 Å². The molecule has 2 aromatic heterocycles. The lowest BCUT2D eigenvalue weighted by Gasteiger charge is -2.21. The van der Waals surface area contributed by atoms with Crippen molar-refractivity contribution < 1.29 is 9.21 Å². The number of nitrogens with zero attached hydrogens (tertiary/aromatic N) is 2. The van der Waals surface area contributed by atoms with Crippen molar-refractivity contribution >= 4 is 17.0 Å². The highest BCUT2D eigenvalue weighted by Gasteiger charge is 2.25. The van der Waals surface area contributed by atoms with Crippen molar-refractivity contribution in [3.63, 3.8) is 0 Å². The minimum Gasteiger partial charge on any atom is -0.442 e. The molecule has 1 aromatic carbocycles. The van der Waals surface area contributed by atoms with E-state index >= 15 is 0 Å². The van der Waals surface area contributed by atoms with E-state index in [4.69, 9.17) is 4.42 Å². The molecule has 0 saturated carbocycles. The molecule has 1 N–H and O–H groups in total. The van der Waals surface area contributed by atoms with E-state index in [2.05, 4.69) is 29.0 Å². The zero-order valence-corrected chi connectivity index (χ0v) is 14.6. The van der Waals surface area contributed by atoms with Gasteiger partial charge in [0.15, 0.2) is 0 Å². The summed E-state index contributed by atoms with van der Waals surface area (Å²) >= 11 is 0. The number of H-pyrrole nitrogens is 1. The van der Waals surface area contributed by atoms with Crippen LogP contribution in [0.25, 0.3) is 11.1 Å². The molecule has 6 heteroatoms. The van der Waals surface area contributed by atoms with E-state index in [1.165, 1.54) is 11.9 Å². The van der Waals surface area contributed by atoms with Crippen LogP contribution in [0.5, 0.6) is 0 Å². The van der Waals surface area contributed by atoms with Gasteiger partial charge in [0.05, 0.1) is 11.9 Å². The van der Waals surface area contributed by atoms with E-state index in [0.29, 0.717) is 17.9 Å². The van der Waals surface area contributed by atoms with Gasteiger partial charge >= 0.3 is 0 Å². The van der Waals surface area contributed by atoms with Crippen molar-refractivity contribution in [3.05, 3.63) is 63.9 Å². The molecule has 0 bridgehead atoms. The van der Waals surface area contributed by atoms with Gasteiger partial charge in [-0.1, -0.05) is 37.3 Å². The van der Waals surface area contributed by atoms with Crippen LogP contribution in [0.15, 0.2) is 45.9 Å². The van der Waals surface area contributed by atoms with E-state index < -0.39 is 0 Å². The molecule has 0 aliphatic carbocycles. The Labute approximate surface area is 145 Å². The predicted molar refractivity (Wildman–Crippen MR) is 95.6 cm³/mol. The Balaban J connectivity index is 1.79. The Morgan fingerprint density at radius 2 is 2.04 bits per heavy atom. The molecule has 0 aliphatic rings. The van der Waals surface area contributed by atoms with Crippen LogP contribution in [0.4, 0.5) is 0 Å². The van der Waals surface area contributed by atoms with Crippen LogP contribution in [0.1, 0.15) is 28.6 Å². The maximum atomic E-state index is 12.9. The van der Waals surface area contributed by atoms with Crippen LogP contribution in [-0.2, 0) is 6.42 Å². The summed E-state index contributed by atoms with van der Waals surface area (Å²) in [5.41, 5.74) is 1.35. The Morgan fingerprint density at radius 3 is 2.76 bits per heavy atom. The summed E-state index contributed by atoms with van der Waals surface area (Å²) in [6.07, 6.45) is 2.15. The molecule has 25 heavy (non-hydrogen) atoms. The van der Waals surface area contributed by atoms with Crippen LogP contribution in [0.3, 0.4) is 0 Å². The summed E-state index contributed by atoms with van der Waals surface area (Å²) < 4.78 is 5.47. The number of benzene rings is 1. The summed E-state index contributed by atoms with van der Waals surface area (Å²) in [6.45, 7) is 4.36. The first kappa shape index (κ1) is 17.0. The molecule has 0 radical (unpaired) electrons. The highest BCUT2D eigenvalue weighted by atomic mass is 16.3. The van der Waals surface area contributed by atoms with Gasteiger partial charge < -0.3 is 14.3 Å². The summed E-state index contributed by atoms with van der Waals surface area (Å²) in [5, 5.41) is 0.215. The lowest BCUT2D eigenvalue weighted by Crippen LogP contribution is -2.32. The first-order valence-electron chi connectivity index (χ1n) is 8.23. The summed E-state index contributed by atoms with van der Waals surface area (Å²) in [7, 11) is 1.74. The fourth-order valence-electron chi connectivity index (χ4n) is 3.13. The largest absolute Gasteiger partial charge is 0.442 e. The standard InChI is InChI=1S/C19H21N3O3/c1-12(9-14-7-5-4-6-8-14)10-22(3)19(24)15-13(2)25-18-16(15)17(23)20-11-21-18/h4-8,11-12H,9-10H2,1-3H3,(H,20,21,23). The number of nitrogens with one attached hydrogen (secondary N) is 1. The number of carbonyl (C=O) groups is 1. The molecular weight excluding hydrogens is 318 g/mol. The van der Waals surface area contributed by atoms with Crippen molar-refractivity contribution in [1.29, 1.82) is 0 Å². The SMILES string of the molecule is Cc1oc2nc[nH]c(=O)c2c1C(=O)N(C)CC(C)Cc1ccccc1. The smallest absolute Gasteiger partial charge is 0.262 e. The van der Waals surface area contributed by atoms with Gasteiger partial charge in [0, 0.05) is 13.6 Å². The average Bonchev–Trinajstić information content (AvgIpc) is 2.92. The third-order valence-electron chi connectivity index (χ3n) is 4.24. The predicted octanol–water partition coefficient (Wildman–Crippen LogP) is 2.78. The average molecular weight is 339 g/mol. The second-order valence-corrected chi connectivity index (χ2v) is 6.43. The minimum absolute atomic E-state index is 0.190. The number of aromatic amines is 1. The van der Waals surface area contributed by atoms with Crippen LogP contribution < -0.4 is 5.56 Å². The molecular formula is C19H21N3O3. The molecule has 0 aliphatic heterocycles. The minimum atomic E-state index is -0.365. The maximum Gasteiger partial charge on any atom is 0.262 e. The monoisotopic (exact) mass is 339 g/mol. The van der Waals surface area contributed by atoms with Gasteiger partial charge in [0.25, 0.3) is 11.5 Å². The Hall–Kier alpha value is -2.89. The number of hydrogen-bond donors (Lipinski definition) is 1. The maximum absolute atomic E-state index is 12.9. The second kappa shape index (κ2) is 6.93. The highest BCUT2D eigenvalue weighted by molar-refractivity contribution is 6.06. The topological polar surface area (TPSA) is 79.2 Å². The third kappa shape index (κ3) is 3.47. The summed E-state index contributed by atoms with van der Waals surface area (Å²) in [6, 6.07) is 10.2. The zero-order valence-electron chi connectivity index (χ0n) is 14.6. The van der Waals surface area contributed by atoms with Gasteiger partial charge in [-0.25, -0.2) is 4.98 Å². The number of fused-ring (bicyclic) bond motifs is 1. The number of amides is 1. The molecule has 6 nitrogen and oxygen atoms in total.